The van der Waals surface area contributed by atoms with Crippen molar-refractivity contribution in [1.29, 1.82) is 0 Å². The number of nitrogens with zero attached hydrogens (tertiary/aromatic N) is 1. The summed E-state index contributed by atoms with van der Waals surface area (Å²) >= 11 is 0. The number of benzene rings is 1. The van der Waals surface area contributed by atoms with Crippen molar-refractivity contribution in [3.8, 4) is 0 Å². The molecular formula is C16H21F2N3. The molecule has 0 aliphatic heterocycles. The van der Waals surface area contributed by atoms with Crippen molar-refractivity contribution in [3.05, 3.63) is 29.3 Å². The van der Waals surface area contributed by atoms with Crippen molar-refractivity contribution >= 4 is 11.6 Å². The first kappa shape index (κ1) is 14.3. The second-order valence-corrected chi connectivity index (χ2v) is 6.13. The fourth-order valence-corrected chi connectivity index (χ4v) is 3.22. The molecule has 5 heteroatoms. The fraction of sp³-hybridized carbons (Fsp3) is 0.562. The van der Waals surface area contributed by atoms with Crippen LogP contribution in [0.3, 0.4) is 0 Å². The predicted octanol–water partition coefficient (Wildman–Crippen LogP) is 3.34. The van der Waals surface area contributed by atoms with Gasteiger partial charge in [-0.3, -0.25) is 4.99 Å². The largest absolute Gasteiger partial charge is 0.370 e. The first-order valence-electron chi connectivity index (χ1n) is 7.59. The van der Waals surface area contributed by atoms with E-state index in [4.69, 9.17) is 5.73 Å². The molecule has 2 aliphatic rings. The van der Waals surface area contributed by atoms with E-state index >= 15 is 0 Å². The van der Waals surface area contributed by atoms with Gasteiger partial charge in [-0.15, -0.1) is 0 Å². The summed E-state index contributed by atoms with van der Waals surface area (Å²) in [6.07, 6.45) is 4.46. The lowest BCUT2D eigenvalue weighted by Crippen LogP contribution is -2.37. The van der Waals surface area contributed by atoms with Gasteiger partial charge in [-0.25, -0.2) is 8.78 Å². The Hall–Kier alpha value is -1.65. The lowest BCUT2D eigenvalue weighted by atomic mass is 9.81. The Balaban J connectivity index is 1.61. The Labute approximate surface area is 123 Å². The maximum atomic E-state index is 12.8. The zero-order chi connectivity index (χ0) is 14.9. The maximum Gasteiger partial charge on any atom is 0.248 e. The van der Waals surface area contributed by atoms with Gasteiger partial charge in [-0.2, -0.15) is 0 Å². The van der Waals surface area contributed by atoms with Crippen LogP contribution >= 0.6 is 0 Å². The second kappa shape index (κ2) is 5.62. The van der Waals surface area contributed by atoms with Gasteiger partial charge >= 0.3 is 0 Å². The van der Waals surface area contributed by atoms with E-state index in [0.29, 0.717) is 12.5 Å². The number of hydrogen-bond donors (Lipinski definition) is 2. The van der Waals surface area contributed by atoms with E-state index in [2.05, 4.69) is 16.4 Å². The highest BCUT2D eigenvalue weighted by Crippen LogP contribution is 2.42. The van der Waals surface area contributed by atoms with E-state index in [0.717, 1.165) is 18.5 Å². The van der Waals surface area contributed by atoms with Crippen LogP contribution in [0, 0.1) is 5.92 Å². The molecule has 1 aromatic carbocycles. The molecule has 0 amide bonds. The number of anilines is 1. The van der Waals surface area contributed by atoms with Crippen molar-refractivity contribution in [2.75, 3.05) is 11.9 Å². The Kier molecular flexibility index (Phi) is 3.83. The Bertz CT molecular complexity index is 546. The van der Waals surface area contributed by atoms with Crippen LogP contribution in [0.25, 0.3) is 0 Å². The summed E-state index contributed by atoms with van der Waals surface area (Å²) in [6.45, 7) is 0.378. The molecule has 3 N–H and O–H groups in total. The molecule has 0 radical (unpaired) electrons. The molecule has 1 fully saturated rings. The average Bonchev–Trinajstić information content (AvgIpc) is 2.43. The molecule has 2 aliphatic carbocycles. The SMILES string of the molecule is NC(=NCC1CC(F)(F)C1)Nc1cccc2c1CCCC2. The van der Waals surface area contributed by atoms with Gasteiger partial charge in [-0.1, -0.05) is 12.1 Å². The number of nitrogens with one attached hydrogen (secondary N) is 1. The van der Waals surface area contributed by atoms with E-state index in [1.807, 2.05) is 12.1 Å². The molecule has 0 unspecified atom stereocenters. The number of alkyl halides is 2. The standard InChI is InChI=1S/C16H21F2N3/c17-16(18)8-11(9-16)10-20-15(19)21-14-7-3-5-12-4-1-2-6-13(12)14/h3,5,7,11H,1-2,4,6,8-10H2,(H3,19,20,21). The Morgan fingerprint density at radius 2 is 2.05 bits per heavy atom. The molecule has 0 heterocycles. The van der Waals surface area contributed by atoms with Crippen molar-refractivity contribution in [2.24, 2.45) is 16.6 Å². The monoisotopic (exact) mass is 293 g/mol. The van der Waals surface area contributed by atoms with Gasteiger partial charge in [0.05, 0.1) is 0 Å². The average molecular weight is 293 g/mol. The summed E-state index contributed by atoms with van der Waals surface area (Å²) in [7, 11) is 0. The summed E-state index contributed by atoms with van der Waals surface area (Å²) in [4.78, 5) is 4.21. The molecular weight excluding hydrogens is 272 g/mol. The van der Waals surface area contributed by atoms with E-state index in [1.165, 1.54) is 24.0 Å². The molecule has 21 heavy (non-hydrogen) atoms. The van der Waals surface area contributed by atoms with Crippen molar-refractivity contribution in [3.63, 3.8) is 0 Å². The first-order valence-corrected chi connectivity index (χ1v) is 7.59. The van der Waals surface area contributed by atoms with Gasteiger partial charge < -0.3 is 11.1 Å². The highest BCUT2D eigenvalue weighted by molar-refractivity contribution is 5.93. The van der Waals surface area contributed by atoms with Crippen LogP contribution in [0.2, 0.25) is 0 Å². The second-order valence-electron chi connectivity index (χ2n) is 6.13. The smallest absolute Gasteiger partial charge is 0.248 e. The molecule has 0 bridgehead atoms. The Morgan fingerprint density at radius 1 is 1.29 bits per heavy atom. The van der Waals surface area contributed by atoms with E-state index < -0.39 is 5.92 Å². The number of halogens is 2. The third kappa shape index (κ3) is 3.34. The predicted molar refractivity (Wildman–Crippen MR) is 80.9 cm³/mol. The van der Waals surface area contributed by atoms with Crippen molar-refractivity contribution in [2.45, 2.75) is 44.4 Å². The topological polar surface area (TPSA) is 50.4 Å². The zero-order valence-corrected chi connectivity index (χ0v) is 12.0. The van der Waals surface area contributed by atoms with Crippen LogP contribution < -0.4 is 11.1 Å². The van der Waals surface area contributed by atoms with Crippen LogP contribution in [0.15, 0.2) is 23.2 Å². The maximum absolute atomic E-state index is 12.8. The molecule has 3 rings (SSSR count). The number of aliphatic imine (C=N–C) groups is 1. The van der Waals surface area contributed by atoms with Gasteiger partial charge in [0.1, 0.15) is 0 Å². The summed E-state index contributed by atoms with van der Waals surface area (Å²) in [6, 6.07) is 6.18. The molecule has 0 aromatic heterocycles. The van der Waals surface area contributed by atoms with Gasteiger partial charge in [0.25, 0.3) is 0 Å². The molecule has 1 aromatic rings. The highest BCUT2D eigenvalue weighted by atomic mass is 19.3. The van der Waals surface area contributed by atoms with Crippen LogP contribution in [0.1, 0.15) is 36.8 Å². The summed E-state index contributed by atoms with van der Waals surface area (Å²) in [5, 5.41) is 3.13. The number of aryl methyl sites for hydroxylation is 1. The van der Waals surface area contributed by atoms with Crippen LogP contribution in [0.5, 0.6) is 0 Å². The Morgan fingerprint density at radius 3 is 2.81 bits per heavy atom. The van der Waals surface area contributed by atoms with E-state index in [-0.39, 0.29) is 18.8 Å². The van der Waals surface area contributed by atoms with Gasteiger partial charge in [0, 0.05) is 25.1 Å². The number of nitrogens with two attached hydrogens (primary N) is 1. The number of hydrogen-bond acceptors (Lipinski definition) is 1. The number of guanidine groups is 1. The summed E-state index contributed by atoms with van der Waals surface area (Å²) < 4.78 is 25.5. The molecule has 0 spiro atoms. The van der Waals surface area contributed by atoms with Gasteiger partial charge in [-0.05, 0) is 48.8 Å². The van der Waals surface area contributed by atoms with Crippen LogP contribution in [-0.4, -0.2) is 18.4 Å². The number of rotatable bonds is 3. The summed E-state index contributed by atoms with van der Waals surface area (Å²) in [5.41, 5.74) is 9.58. The van der Waals surface area contributed by atoms with E-state index in [9.17, 15) is 8.78 Å². The molecule has 0 saturated heterocycles. The normalized spacial score (nSPS) is 21.5. The minimum absolute atomic E-state index is 0.0370. The zero-order valence-electron chi connectivity index (χ0n) is 12.0. The van der Waals surface area contributed by atoms with E-state index in [1.54, 1.807) is 0 Å². The van der Waals surface area contributed by atoms with Crippen molar-refractivity contribution < 1.29 is 8.78 Å². The lowest BCUT2D eigenvalue weighted by molar-refractivity contribution is -0.107. The molecule has 1 saturated carbocycles. The van der Waals surface area contributed by atoms with Gasteiger partial charge in [0.15, 0.2) is 5.96 Å². The first-order chi connectivity index (χ1) is 10.0. The minimum Gasteiger partial charge on any atom is -0.370 e. The van der Waals surface area contributed by atoms with Crippen LogP contribution in [0.4, 0.5) is 14.5 Å². The summed E-state index contributed by atoms with van der Waals surface area (Å²) in [5.74, 6) is -2.20. The van der Waals surface area contributed by atoms with Crippen LogP contribution in [-0.2, 0) is 12.8 Å². The molecule has 3 nitrogen and oxygen atoms in total. The third-order valence-electron chi connectivity index (χ3n) is 4.35. The minimum atomic E-state index is -2.49. The third-order valence-corrected chi connectivity index (χ3v) is 4.35. The molecule has 114 valence electrons. The van der Waals surface area contributed by atoms with Gasteiger partial charge in [0.2, 0.25) is 5.92 Å². The lowest BCUT2D eigenvalue weighted by Gasteiger charge is -2.33. The fourth-order valence-electron chi connectivity index (χ4n) is 3.22. The quantitative estimate of drug-likeness (QED) is 0.663. The highest BCUT2D eigenvalue weighted by Gasteiger charge is 2.44. The van der Waals surface area contributed by atoms with Crippen molar-refractivity contribution in [1.82, 2.24) is 0 Å². The molecule has 0 atom stereocenters. The number of fused-ring (bicyclic) bond motifs is 1.